The lowest BCUT2D eigenvalue weighted by Crippen LogP contribution is -2.16. The van der Waals surface area contributed by atoms with Gasteiger partial charge in [0.15, 0.2) is 4.34 Å². The highest BCUT2D eigenvalue weighted by Gasteiger charge is 2.19. The number of hydrogen-bond donors (Lipinski definition) is 1. The summed E-state index contributed by atoms with van der Waals surface area (Å²) in [5.74, 6) is 0.241. The minimum Gasteiger partial charge on any atom is -0.296 e. The van der Waals surface area contributed by atoms with Crippen molar-refractivity contribution in [3.63, 3.8) is 0 Å². The number of ketones is 1. The Morgan fingerprint density at radius 2 is 1.66 bits per heavy atom. The molecule has 0 aliphatic carbocycles. The van der Waals surface area contributed by atoms with E-state index in [4.69, 9.17) is 0 Å². The molecule has 0 saturated carbocycles. The fourth-order valence-electron chi connectivity index (χ4n) is 2.62. The SMILES string of the molecule is O=C(Nc1nnc(SCc2ccccc2)s1)c1ccccc1C(=O)c1cccs1. The molecule has 4 aromatic rings. The first-order chi connectivity index (χ1) is 14.2. The van der Waals surface area contributed by atoms with Gasteiger partial charge in [-0.05, 0) is 23.1 Å². The molecule has 0 saturated heterocycles. The second kappa shape index (κ2) is 9.13. The maximum Gasteiger partial charge on any atom is 0.258 e. The molecule has 1 amide bonds. The van der Waals surface area contributed by atoms with Gasteiger partial charge in [0.1, 0.15) is 0 Å². The zero-order chi connectivity index (χ0) is 20.1. The van der Waals surface area contributed by atoms with E-state index < -0.39 is 0 Å². The summed E-state index contributed by atoms with van der Waals surface area (Å²) in [4.78, 5) is 26.1. The molecule has 8 heteroatoms. The van der Waals surface area contributed by atoms with Crippen molar-refractivity contribution in [1.29, 1.82) is 0 Å². The summed E-state index contributed by atoms with van der Waals surface area (Å²) in [5, 5.41) is 13.2. The van der Waals surface area contributed by atoms with Gasteiger partial charge in [-0.3, -0.25) is 14.9 Å². The van der Waals surface area contributed by atoms with Crippen LogP contribution in [0.4, 0.5) is 5.13 Å². The molecule has 0 aliphatic rings. The zero-order valence-corrected chi connectivity index (χ0v) is 17.5. The molecule has 5 nitrogen and oxygen atoms in total. The fourth-order valence-corrected chi connectivity index (χ4v) is 5.00. The van der Waals surface area contributed by atoms with Crippen LogP contribution in [0.15, 0.2) is 76.4 Å². The van der Waals surface area contributed by atoms with E-state index in [-0.39, 0.29) is 11.7 Å². The summed E-state index contributed by atoms with van der Waals surface area (Å²) >= 11 is 4.23. The molecule has 2 aromatic heterocycles. The summed E-state index contributed by atoms with van der Waals surface area (Å²) in [6, 6.07) is 20.4. The highest BCUT2D eigenvalue weighted by atomic mass is 32.2. The quantitative estimate of drug-likeness (QED) is 0.239. The van der Waals surface area contributed by atoms with E-state index in [1.54, 1.807) is 42.1 Å². The van der Waals surface area contributed by atoms with Crippen molar-refractivity contribution in [1.82, 2.24) is 10.2 Å². The lowest BCUT2D eigenvalue weighted by Gasteiger charge is -2.07. The third-order valence-electron chi connectivity index (χ3n) is 3.99. The summed E-state index contributed by atoms with van der Waals surface area (Å²) in [5.41, 5.74) is 1.88. The van der Waals surface area contributed by atoms with E-state index in [1.807, 2.05) is 29.6 Å². The molecule has 0 bridgehead atoms. The first-order valence-electron chi connectivity index (χ1n) is 8.69. The van der Waals surface area contributed by atoms with E-state index in [9.17, 15) is 9.59 Å². The lowest BCUT2D eigenvalue weighted by atomic mass is 10.0. The smallest absolute Gasteiger partial charge is 0.258 e. The number of carbonyl (C=O) groups excluding carboxylic acids is 2. The molecule has 1 N–H and O–H groups in total. The highest BCUT2D eigenvalue weighted by Crippen LogP contribution is 2.29. The minimum atomic E-state index is -0.374. The number of rotatable bonds is 7. The predicted octanol–water partition coefficient (Wildman–Crippen LogP) is 5.38. The summed E-state index contributed by atoms with van der Waals surface area (Å²) in [6.07, 6.45) is 0. The number of anilines is 1. The Hall–Kier alpha value is -2.81. The second-order valence-corrected chi connectivity index (χ2v) is 9.10. The Balaban J connectivity index is 1.45. The van der Waals surface area contributed by atoms with E-state index in [0.29, 0.717) is 21.1 Å². The first kappa shape index (κ1) is 19.5. The number of nitrogens with one attached hydrogen (secondary N) is 1. The predicted molar refractivity (Wildman–Crippen MR) is 118 cm³/mol. The van der Waals surface area contributed by atoms with Crippen molar-refractivity contribution < 1.29 is 9.59 Å². The van der Waals surface area contributed by atoms with Crippen LogP contribution < -0.4 is 5.32 Å². The molecule has 0 aliphatic heterocycles. The van der Waals surface area contributed by atoms with E-state index in [2.05, 4.69) is 27.6 Å². The highest BCUT2D eigenvalue weighted by molar-refractivity contribution is 8.00. The Bertz CT molecular complexity index is 1130. The summed E-state index contributed by atoms with van der Waals surface area (Å²) in [7, 11) is 0. The van der Waals surface area contributed by atoms with Crippen LogP contribution in [0, 0.1) is 0 Å². The van der Waals surface area contributed by atoms with Crippen molar-refractivity contribution in [3.8, 4) is 0 Å². The number of thioether (sulfide) groups is 1. The Morgan fingerprint density at radius 1 is 0.897 bits per heavy atom. The number of amides is 1. The van der Waals surface area contributed by atoms with Gasteiger partial charge in [0.2, 0.25) is 10.9 Å². The van der Waals surface area contributed by atoms with Crippen molar-refractivity contribution in [2.24, 2.45) is 0 Å². The molecule has 29 heavy (non-hydrogen) atoms. The molecular formula is C21H15N3O2S3. The topological polar surface area (TPSA) is 72.0 Å². The molecule has 0 radical (unpaired) electrons. The van der Waals surface area contributed by atoms with Crippen LogP contribution >= 0.6 is 34.4 Å². The van der Waals surface area contributed by atoms with Gasteiger partial charge in [-0.25, -0.2) is 0 Å². The number of aromatic nitrogens is 2. The molecule has 0 unspecified atom stereocenters. The van der Waals surface area contributed by atoms with Crippen LogP contribution in [-0.4, -0.2) is 21.9 Å². The van der Waals surface area contributed by atoms with Crippen LogP contribution in [0.5, 0.6) is 0 Å². The Morgan fingerprint density at radius 3 is 2.41 bits per heavy atom. The molecule has 2 aromatic carbocycles. The van der Waals surface area contributed by atoms with Crippen LogP contribution in [0.1, 0.15) is 31.2 Å². The standard InChI is InChI=1S/C21H15N3O2S3/c25-18(17-11-6-12-27-17)15-9-4-5-10-16(15)19(26)22-20-23-24-21(29-20)28-13-14-7-2-1-3-8-14/h1-12H,13H2,(H,22,23,26). The number of thiophene rings is 1. The van der Waals surface area contributed by atoms with Crippen LogP contribution in [0.25, 0.3) is 0 Å². The minimum absolute atomic E-state index is 0.165. The Labute approximate surface area is 179 Å². The van der Waals surface area contributed by atoms with Crippen molar-refractivity contribution in [2.75, 3.05) is 5.32 Å². The van der Waals surface area contributed by atoms with Gasteiger partial charge in [0, 0.05) is 11.3 Å². The summed E-state index contributed by atoms with van der Waals surface area (Å²) in [6.45, 7) is 0. The van der Waals surface area contributed by atoms with E-state index in [0.717, 1.165) is 10.1 Å². The average Bonchev–Trinajstić information content (AvgIpc) is 3.45. The monoisotopic (exact) mass is 437 g/mol. The fraction of sp³-hybridized carbons (Fsp3) is 0.0476. The van der Waals surface area contributed by atoms with Gasteiger partial charge in [0.25, 0.3) is 5.91 Å². The van der Waals surface area contributed by atoms with Gasteiger partial charge >= 0.3 is 0 Å². The number of benzene rings is 2. The third-order valence-corrected chi connectivity index (χ3v) is 6.91. The third kappa shape index (κ3) is 4.79. The maximum absolute atomic E-state index is 12.8. The van der Waals surface area contributed by atoms with Crippen LogP contribution in [0.3, 0.4) is 0 Å². The molecule has 0 fully saturated rings. The maximum atomic E-state index is 12.8. The van der Waals surface area contributed by atoms with Gasteiger partial charge in [-0.1, -0.05) is 77.7 Å². The van der Waals surface area contributed by atoms with Gasteiger partial charge in [-0.15, -0.1) is 21.5 Å². The normalized spacial score (nSPS) is 10.6. The van der Waals surface area contributed by atoms with Crippen molar-refractivity contribution >= 4 is 51.3 Å². The van der Waals surface area contributed by atoms with E-state index >= 15 is 0 Å². The van der Waals surface area contributed by atoms with Gasteiger partial charge in [0.05, 0.1) is 10.4 Å². The molecule has 0 spiro atoms. The number of nitrogens with zero attached hydrogens (tertiary/aromatic N) is 2. The molecule has 144 valence electrons. The van der Waals surface area contributed by atoms with E-state index in [1.165, 1.54) is 28.2 Å². The molecule has 2 heterocycles. The van der Waals surface area contributed by atoms with Crippen LogP contribution in [0.2, 0.25) is 0 Å². The molecule has 4 rings (SSSR count). The lowest BCUT2D eigenvalue weighted by molar-refractivity contribution is 0.0997. The first-order valence-corrected chi connectivity index (χ1v) is 11.4. The second-order valence-electron chi connectivity index (χ2n) is 5.95. The van der Waals surface area contributed by atoms with Crippen LogP contribution in [-0.2, 0) is 5.75 Å². The molecule has 0 atom stereocenters. The van der Waals surface area contributed by atoms with Crippen molar-refractivity contribution in [3.05, 3.63) is 93.7 Å². The van der Waals surface area contributed by atoms with Crippen molar-refractivity contribution in [2.45, 2.75) is 10.1 Å². The van der Waals surface area contributed by atoms with Gasteiger partial charge in [-0.2, -0.15) is 0 Å². The number of hydrogen-bond acceptors (Lipinski definition) is 7. The zero-order valence-electron chi connectivity index (χ0n) is 15.1. The summed E-state index contributed by atoms with van der Waals surface area (Å²) < 4.78 is 0.770. The molecular weight excluding hydrogens is 422 g/mol. The number of carbonyl (C=O) groups is 2. The van der Waals surface area contributed by atoms with Gasteiger partial charge < -0.3 is 0 Å². The average molecular weight is 438 g/mol. The largest absolute Gasteiger partial charge is 0.296 e. The Kier molecular flexibility index (Phi) is 6.14.